The number of fused-ring (bicyclic) bond motifs is 4. The van der Waals surface area contributed by atoms with Crippen LogP contribution in [0.5, 0.6) is 11.5 Å². The molecule has 3 aliphatic rings. The summed E-state index contributed by atoms with van der Waals surface area (Å²) in [5, 5.41) is 0.730. The van der Waals surface area contributed by atoms with Crippen LogP contribution < -0.4 is 15.1 Å². The van der Waals surface area contributed by atoms with E-state index in [1.54, 1.807) is 7.11 Å². The summed E-state index contributed by atoms with van der Waals surface area (Å²) in [6, 6.07) is 3.90. The third kappa shape index (κ3) is 5.71. The number of hydrogen-bond donors (Lipinski definition) is 0. The second kappa shape index (κ2) is 11.3. The molecule has 2 saturated heterocycles. The van der Waals surface area contributed by atoms with Crippen LogP contribution in [0.25, 0.3) is 11.0 Å². The molecule has 1 aromatic heterocycles. The number of carbonyl (C=O) groups excluding carboxylic acids is 1. The van der Waals surface area contributed by atoms with Crippen molar-refractivity contribution < 1.29 is 23.4 Å². The van der Waals surface area contributed by atoms with Gasteiger partial charge in [-0.2, -0.15) is 0 Å². The third-order valence-electron chi connectivity index (χ3n) is 8.55. The van der Waals surface area contributed by atoms with Gasteiger partial charge in [-0.15, -0.1) is 0 Å². The molecular formula is C30H42N2O6. The van der Waals surface area contributed by atoms with Gasteiger partial charge >= 0.3 is 5.63 Å². The van der Waals surface area contributed by atoms with Gasteiger partial charge in [0.1, 0.15) is 22.7 Å². The van der Waals surface area contributed by atoms with Crippen molar-refractivity contribution in [2.24, 2.45) is 5.92 Å². The highest BCUT2D eigenvalue weighted by atomic mass is 16.5. The van der Waals surface area contributed by atoms with E-state index in [2.05, 4.69) is 4.90 Å². The average Bonchev–Trinajstić information content (AvgIpc) is 2.88. The Kier molecular flexibility index (Phi) is 8.00. The highest BCUT2D eigenvalue weighted by Crippen LogP contribution is 2.42. The number of amides is 1. The van der Waals surface area contributed by atoms with Gasteiger partial charge in [0.25, 0.3) is 5.91 Å². The van der Waals surface area contributed by atoms with Crippen LogP contribution in [0, 0.1) is 12.8 Å². The molecule has 0 spiro atoms. The predicted molar refractivity (Wildman–Crippen MR) is 146 cm³/mol. The Labute approximate surface area is 225 Å². The molecule has 1 amide bonds. The first-order valence-electron chi connectivity index (χ1n) is 14.2. The molecule has 8 nitrogen and oxygen atoms in total. The van der Waals surface area contributed by atoms with Gasteiger partial charge in [-0.05, 0) is 83.9 Å². The van der Waals surface area contributed by atoms with Gasteiger partial charge in [0.15, 0.2) is 6.61 Å². The van der Waals surface area contributed by atoms with E-state index in [1.165, 1.54) is 44.8 Å². The Morgan fingerprint density at radius 1 is 1.18 bits per heavy atom. The van der Waals surface area contributed by atoms with Gasteiger partial charge in [0, 0.05) is 43.9 Å². The quantitative estimate of drug-likeness (QED) is 0.474. The normalized spacial score (nSPS) is 22.8. The number of methoxy groups -OCH3 is 1. The van der Waals surface area contributed by atoms with Gasteiger partial charge in [-0.1, -0.05) is 6.42 Å². The van der Waals surface area contributed by atoms with E-state index in [0.29, 0.717) is 42.2 Å². The van der Waals surface area contributed by atoms with Crippen molar-refractivity contribution in [1.29, 1.82) is 0 Å². The molecule has 2 atom stereocenters. The minimum absolute atomic E-state index is 0.0582. The fraction of sp³-hybridized carbons (Fsp3) is 0.667. The zero-order valence-electron chi connectivity index (χ0n) is 23.3. The summed E-state index contributed by atoms with van der Waals surface area (Å²) in [5.41, 5.74) is 1.42. The van der Waals surface area contributed by atoms with E-state index in [4.69, 9.17) is 18.6 Å². The Balaban J connectivity index is 1.37. The van der Waals surface area contributed by atoms with Gasteiger partial charge in [0.2, 0.25) is 0 Å². The monoisotopic (exact) mass is 526 g/mol. The minimum atomic E-state index is -0.398. The van der Waals surface area contributed by atoms with Crippen molar-refractivity contribution in [1.82, 2.24) is 9.80 Å². The average molecular weight is 527 g/mol. The lowest BCUT2D eigenvalue weighted by molar-refractivity contribution is -0.135. The molecule has 2 unspecified atom stereocenters. The van der Waals surface area contributed by atoms with Crippen LogP contribution >= 0.6 is 0 Å². The van der Waals surface area contributed by atoms with Gasteiger partial charge in [0.05, 0.1) is 12.0 Å². The fourth-order valence-corrected chi connectivity index (χ4v) is 6.56. The maximum atomic E-state index is 13.6. The third-order valence-corrected chi connectivity index (χ3v) is 8.55. The Hall–Kier alpha value is -2.58. The summed E-state index contributed by atoms with van der Waals surface area (Å²) in [5.74, 6) is 1.58. The van der Waals surface area contributed by atoms with E-state index in [9.17, 15) is 9.59 Å². The summed E-state index contributed by atoms with van der Waals surface area (Å²) < 4.78 is 23.5. The molecule has 0 saturated carbocycles. The van der Waals surface area contributed by atoms with Crippen LogP contribution in [0.2, 0.25) is 0 Å². The molecule has 0 aliphatic carbocycles. The largest absolute Gasteiger partial charge is 0.487 e. The van der Waals surface area contributed by atoms with Gasteiger partial charge in [-0.3, -0.25) is 4.79 Å². The number of hydrogen-bond acceptors (Lipinski definition) is 7. The minimum Gasteiger partial charge on any atom is -0.487 e. The summed E-state index contributed by atoms with van der Waals surface area (Å²) in [6.07, 6.45) is 7.67. The molecule has 0 bridgehead atoms. The summed E-state index contributed by atoms with van der Waals surface area (Å²) >= 11 is 0. The lowest BCUT2D eigenvalue weighted by Gasteiger charge is -2.45. The molecule has 208 valence electrons. The van der Waals surface area contributed by atoms with Crippen molar-refractivity contribution in [3.63, 3.8) is 0 Å². The highest BCUT2D eigenvalue weighted by molar-refractivity contribution is 5.91. The van der Waals surface area contributed by atoms with Crippen LogP contribution in [0.3, 0.4) is 0 Å². The van der Waals surface area contributed by atoms with Crippen molar-refractivity contribution >= 4 is 16.9 Å². The Morgan fingerprint density at radius 3 is 2.82 bits per heavy atom. The van der Waals surface area contributed by atoms with Crippen LogP contribution in [0.4, 0.5) is 0 Å². The molecule has 2 aromatic rings. The van der Waals surface area contributed by atoms with Crippen LogP contribution in [-0.4, -0.2) is 73.9 Å². The van der Waals surface area contributed by atoms with Gasteiger partial charge < -0.3 is 28.4 Å². The number of benzene rings is 1. The highest BCUT2D eigenvalue weighted by Gasteiger charge is 2.35. The second-order valence-electron chi connectivity index (χ2n) is 11.8. The van der Waals surface area contributed by atoms with E-state index in [0.717, 1.165) is 42.3 Å². The zero-order chi connectivity index (χ0) is 26.9. The lowest BCUT2D eigenvalue weighted by Crippen LogP contribution is -2.52. The first-order chi connectivity index (χ1) is 18.3. The zero-order valence-corrected chi connectivity index (χ0v) is 23.3. The molecule has 4 heterocycles. The molecule has 2 fully saturated rings. The molecule has 8 heteroatoms. The molecule has 5 rings (SSSR count). The first kappa shape index (κ1) is 27.0. The van der Waals surface area contributed by atoms with Crippen molar-refractivity contribution in [2.45, 2.75) is 77.4 Å². The first-order valence-corrected chi connectivity index (χ1v) is 14.2. The summed E-state index contributed by atoms with van der Waals surface area (Å²) in [4.78, 5) is 30.3. The fourth-order valence-electron chi connectivity index (χ4n) is 6.56. The molecule has 38 heavy (non-hydrogen) atoms. The van der Waals surface area contributed by atoms with Crippen LogP contribution in [0.15, 0.2) is 21.3 Å². The molecule has 1 aromatic carbocycles. The number of piperidine rings is 2. The summed E-state index contributed by atoms with van der Waals surface area (Å²) in [6.45, 7) is 9.97. The predicted octanol–water partition coefficient (Wildman–Crippen LogP) is 4.32. The maximum absolute atomic E-state index is 13.6. The number of aryl methyl sites for hydroxylation is 2. The van der Waals surface area contributed by atoms with Crippen LogP contribution in [0.1, 0.15) is 63.5 Å². The summed E-state index contributed by atoms with van der Waals surface area (Å²) in [7, 11) is 1.67. The topological polar surface area (TPSA) is 81.5 Å². The maximum Gasteiger partial charge on any atom is 0.336 e. The van der Waals surface area contributed by atoms with E-state index in [-0.39, 0.29) is 18.1 Å². The van der Waals surface area contributed by atoms with Crippen LogP contribution in [-0.2, 0) is 16.0 Å². The smallest absolute Gasteiger partial charge is 0.336 e. The van der Waals surface area contributed by atoms with E-state index in [1.807, 2.05) is 31.7 Å². The van der Waals surface area contributed by atoms with E-state index < -0.39 is 5.63 Å². The number of rotatable bonds is 8. The SMILES string of the molecule is COCCN(CC1CCCN2CCCCC12)C(=O)COc1cc2c(c3oc(=O)cc(C)c13)CCC(C)(C)O2. The molecule has 0 N–H and O–H groups in total. The Morgan fingerprint density at radius 2 is 2.00 bits per heavy atom. The number of ether oxygens (including phenoxy) is 3. The Bertz CT molecular complexity index is 1220. The number of carbonyl (C=O) groups is 1. The lowest BCUT2D eigenvalue weighted by atomic mass is 9.83. The van der Waals surface area contributed by atoms with Crippen molar-refractivity contribution in [2.75, 3.05) is 46.5 Å². The molecule has 0 radical (unpaired) electrons. The molecular weight excluding hydrogens is 484 g/mol. The number of nitrogens with zero attached hydrogens (tertiary/aromatic N) is 2. The van der Waals surface area contributed by atoms with Crippen molar-refractivity contribution in [3.8, 4) is 11.5 Å². The molecule has 3 aliphatic heterocycles. The standard InChI is InChI=1S/C30H42N2O6/c1-20-16-27(34)37-29-22-10-11-30(2,3)38-24(22)17-25(28(20)29)36-19-26(33)32(14-15-35-4)18-21-8-7-13-31-12-6-5-9-23(21)31/h16-17,21,23H,5-15,18-19H2,1-4H3. The van der Waals surface area contributed by atoms with Gasteiger partial charge in [-0.25, -0.2) is 4.79 Å². The second-order valence-corrected chi connectivity index (χ2v) is 11.8. The van der Waals surface area contributed by atoms with Crippen molar-refractivity contribution in [3.05, 3.63) is 33.7 Å². The van der Waals surface area contributed by atoms with E-state index >= 15 is 0 Å².